The Hall–Kier alpha value is -10.1. The van der Waals surface area contributed by atoms with Crippen LogP contribution in [0.5, 0.6) is 0 Å². The minimum absolute atomic E-state index is 0.0398. The van der Waals surface area contributed by atoms with Gasteiger partial charge in [-0.3, -0.25) is 14.6 Å². The molecular weight excluding hydrogens is 1030 g/mol. The van der Waals surface area contributed by atoms with Gasteiger partial charge < -0.3 is 9.80 Å². The lowest BCUT2D eigenvalue weighted by Crippen LogP contribution is -2.39. The number of carbonyl (C=O) groups is 2. The third-order valence-electron chi connectivity index (χ3n) is 17.3. The maximum absolute atomic E-state index is 13.9. The second-order valence-electron chi connectivity index (χ2n) is 22.1. The number of benzene rings is 9. The van der Waals surface area contributed by atoms with Crippen LogP contribution < -0.4 is 0 Å². The molecular formula is C70H59N11O2. The molecule has 15 rings (SSSR count). The molecule has 0 N–H and O–H groups in total. The first-order valence-electron chi connectivity index (χ1n) is 28.3. The van der Waals surface area contributed by atoms with E-state index in [1.807, 2.05) is 72.4 Å². The van der Waals surface area contributed by atoms with Crippen LogP contribution in [0.4, 0.5) is 0 Å². The van der Waals surface area contributed by atoms with E-state index < -0.39 is 5.54 Å². The molecule has 12 aromatic rings. The monoisotopic (exact) mass is 1090 g/mol. The summed E-state index contributed by atoms with van der Waals surface area (Å²) in [6.45, 7) is 6.02. The van der Waals surface area contributed by atoms with Gasteiger partial charge in [0.05, 0.1) is 53.7 Å². The van der Waals surface area contributed by atoms with Crippen molar-refractivity contribution in [3.8, 4) is 11.3 Å². The van der Waals surface area contributed by atoms with Crippen LogP contribution in [0.15, 0.2) is 217 Å². The predicted molar refractivity (Wildman–Crippen MR) is 324 cm³/mol. The fourth-order valence-electron chi connectivity index (χ4n) is 12.8. The highest BCUT2D eigenvalue weighted by atomic mass is 16.2. The zero-order valence-corrected chi connectivity index (χ0v) is 46.6. The normalized spacial score (nSPS) is 14.7. The lowest BCUT2D eigenvalue weighted by molar-refractivity contribution is -0.135. The molecule has 13 nitrogen and oxygen atoms in total. The predicted octanol–water partition coefficient (Wildman–Crippen LogP) is 12.4. The molecule has 0 saturated heterocycles. The van der Waals surface area contributed by atoms with Crippen LogP contribution in [0.25, 0.3) is 44.2 Å². The topological polar surface area (TPSA) is 132 Å². The fraction of sp³-hybridized carbons (Fsp3) is 0.171. The first kappa shape index (κ1) is 51.0. The van der Waals surface area contributed by atoms with Crippen molar-refractivity contribution < 1.29 is 9.59 Å². The molecule has 9 aromatic carbocycles. The summed E-state index contributed by atoms with van der Waals surface area (Å²) in [4.78, 5) is 35.7. The molecule has 2 atom stereocenters. The molecule has 0 aliphatic carbocycles. The molecule has 0 saturated carbocycles. The molecule has 3 aliphatic heterocycles. The number of hydrogen-bond acceptors (Lipinski definition) is 8. The van der Waals surface area contributed by atoms with Crippen molar-refractivity contribution in [2.24, 2.45) is 19.1 Å². The molecule has 3 aromatic heterocycles. The fourth-order valence-corrected chi connectivity index (χ4v) is 12.8. The van der Waals surface area contributed by atoms with Gasteiger partial charge in [-0.15, -0.1) is 10.2 Å². The standard InChI is InChI=1S/C44H36N6O.C26H23N5O/c1-30(31-15-7-3-8-16-31)49-29-34-25-38-40(27-33(34)28-42(49)51)50(46-43(38)32-23-24-39-41(26-32)48(2)47-45-39)44(35-17-9-4-10-18-35,36-19-11-5-12-20-36)37-21-13-6-14-22-37;1-16(17-6-4-3-5-7-17)31-15-21-11-22-20(10-19(21)13-25(31)32)14-27-26(22)18-8-9-23-24(12-18)30(2)29-28-23/h3-27,30H,28-29H2,1-2H3;3-12,16H,13-15H2,1-2H3/t30-;16-/m11/s1. The van der Waals surface area contributed by atoms with E-state index in [-0.39, 0.29) is 23.9 Å². The van der Waals surface area contributed by atoms with E-state index in [0.717, 1.165) is 100 Å². The van der Waals surface area contributed by atoms with Crippen molar-refractivity contribution in [1.29, 1.82) is 0 Å². The van der Waals surface area contributed by atoms with E-state index in [0.29, 0.717) is 32.5 Å². The first-order chi connectivity index (χ1) is 40.6. The molecule has 3 aliphatic rings. The molecule has 406 valence electrons. The third kappa shape index (κ3) is 8.87. The summed E-state index contributed by atoms with van der Waals surface area (Å²) in [6.07, 6.45) is 0.770. The average molecular weight is 1090 g/mol. The van der Waals surface area contributed by atoms with Crippen molar-refractivity contribution >= 4 is 50.5 Å². The summed E-state index contributed by atoms with van der Waals surface area (Å²) >= 11 is 0. The molecule has 0 spiro atoms. The van der Waals surface area contributed by atoms with Crippen molar-refractivity contribution in [3.05, 3.63) is 279 Å². The maximum Gasteiger partial charge on any atom is 0.227 e. The molecule has 0 fully saturated rings. The Bertz CT molecular complexity index is 4380. The number of aryl methyl sites for hydroxylation is 2. The minimum atomic E-state index is -0.834. The van der Waals surface area contributed by atoms with E-state index in [9.17, 15) is 9.59 Å². The second-order valence-corrected chi connectivity index (χ2v) is 22.1. The number of fused-ring (bicyclic) bond motifs is 6. The van der Waals surface area contributed by atoms with Crippen LogP contribution in [-0.2, 0) is 61.7 Å². The van der Waals surface area contributed by atoms with Gasteiger partial charge >= 0.3 is 0 Å². The zero-order valence-electron chi connectivity index (χ0n) is 46.6. The van der Waals surface area contributed by atoms with Crippen LogP contribution >= 0.6 is 0 Å². The van der Waals surface area contributed by atoms with Crippen LogP contribution in [0.1, 0.15) is 92.7 Å². The largest absolute Gasteiger partial charge is 0.331 e. The summed E-state index contributed by atoms with van der Waals surface area (Å²) in [5.74, 6) is 0.307. The van der Waals surface area contributed by atoms with Gasteiger partial charge in [-0.2, -0.15) is 5.10 Å². The molecule has 0 bridgehead atoms. The van der Waals surface area contributed by atoms with Crippen LogP contribution in [0.3, 0.4) is 0 Å². The number of nitrogens with zero attached hydrogens (tertiary/aromatic N) is 11. The van der Waals surface area contributed by atoms with Gasteiger partial charge in [0.1, 0.15) is 22.3 Å². The van der Waals surface area contributed by atoms with E-state index in [1.54, 1.807) is 9.36 Å². The highest BCUT2D eigenvalue weighted by Gasteiger charge is 2.42. The SMILES string of the molecule is C[C@H](c1ccccc1)N1Cc2cc3c(-c4ccc5nnn(C)c5c4)nn(C(c4ccccc4)(c4ccccc4)c4ccccc4)c3cc2CC1=O.C[C@H](c1ccccc1)N1Cc2cc3c(cc2CC1=O)CN=C3c1ccc2nnn(C)c2c1. The van der Waals surface area contributed by atoms with Gasteiger partial charge in [0.2, 0.25) is 11.8 Å². The van der Waals surface area contributed by atoms with Crippen LogP contribution in [-0.4, -0.2) is 67.1 Å². The summed E-state index contributed by atoms with van der Waals surface area (Å²) in [5, 5.41) is 23.6. The maximum atomic E-state index is 13.9. The summed E-state index contributed by atoms with van der Waals surface area (Å²) in [7, 11) is 3.82. The summed E-state index contributed by atoms with van der Waals surface area (Å²) in [5.41, 5.74) is 20.1. The van der Waals surface area contributed by atoms with Gasteiger partial charge in [-0.1, -0.05) is 180 Å². The van der Waals surface area contributed by atoms with Crippen molar-refractivity contribution in [2.75, 3.05) is 0 Å². The molecule has 83 heavy (non-hydrogen) atoms. The Kier molecular flexibility index (Phi) is 12.8. The van der Waals surface area contributed by atoms with E-state index >= 15 is 0 Å². The Morgan fingerprint density at radius 1 is 0.458 bits per heavy atom. The number of carbonyl (C=O) groups excluding carboxylic acids is 2. The van der Waals surface area contributed by atoms with Crippen molar-refractivity contribution in [3.63, 3.8) is 0 Å². The van der Waals surface area contributed by atoms with Gasteiger partial charge in [0.25, 0.3) is 0 Å². The Balaban J connectivity index is 0.000000164. The Labute approximate surface area is 480 Å². The zero-order chi connectivity index (χ0) is 56.3. The minimum Gasteiger partial charge on any atom is -0.331 e. The van der Waals surface area contributed by atoms with Gasteiger partial charge in [-0.05, 0) is 112 Å². The van der Waals surface area contributed by atoms with E-state index in [4.69, 9.17) is 10.1 Å². The van der Waals surface area contributed by atoms with E-state index in [1.165, 1.54) is 16.7 Å². The number of aliphatic imine (C=N–C) groups is 1. The Morgan fingerprint density at radius 3 is 1.43 bits per heavy atom. The van der Waals surface area contributed by atoms with E-state index in [2.05, 4.69) is 203 Å². The number of aromatic nitrogens is 8. The van der Waals surface area contributed by atoms with Crippen molar-refractivity contribution in [2.45, 2.75) is 63.9 Å². The average Bonchev–Trinajstić information content (AvgIpc) is 2.14. The first-order valence-corrected chi connectivity index (χ1v) is 28.3. The molecule has 2 amide bonds. The van der Waals surface area contributed by atoms with Gasteiger partial charge in [0, 0.05) is 49.3 Å². The molecule has 0 radical (unpaired) electrons. The summed E-state index contributed by atoms with van der Waals surface area (Å²) in [6, 6.07) is 73.7. The highest BCUT2D eigenvalue weighted by molar-refractivity contribution is 6.16. The van der Waals surface area contributed by atoms with Gasteiger partial charge in [-0.25, -0.2) is 14.0 Å². The van der Waals surface area contributed by atoms with Gasteiger partial charge in [0.15, 0.2) is 0 Å². The van der Waals surface area contributed by atoms with Crippen molar-refractivity contribution in [1.82, 2.24) is 49.6 Å². The second kappa shape index (κ2) is 20.8. The van der Waals surface area contributed by atoms with Crippen LogP contribution in [0, 0.1) is 0 Å². The number of hydrogen-bond donors (Lipinski definition) is 0. The third-order valence-corrected chi connectivity index (χ3v) is 17.3. The highest BCUT2D eigenvalue weighted by Crippen LogP contribution is 2.46. The smallest absolute Gasteiger partial charge is 0.227 e. The molecule has 13 heteroatoms. The summed E-state index contributed by atoms with van der Waals surface area (Å²) < 4.78 is 5.79. The molecule has 6 heterocycles. The Morgan fingerprint density at radius 2 is 0.916 bits per heavy atom. The lowest BCUT2D eigenvalue weighted by Gasteiger charge is -2.37. The number of amides is 2. The quantitative estimate of drug-likeness (QED) is 0.125. The molecule has 0 unspecified atom stereocenters. The lowest BCUT2D eigenvalue weighted by atomic mass is 9.77. The van der Waals surface area contributed by atoms with Crippen LogP contribution in [0.2, 0.25) is 0 Å². The number of rotatable bonds is 10.